The molecular formula is C86H153NO8. The van der Waals surface area contributed by atoms with Crippen LogP contribution >= 0.6 is 0 Å². The first-order valence-electron chi connectivity index (χ1n) is 40.4. The SMILES string of the molecule is CC/C=C\C/C=C\C/C=C\C/C=C\C/C=C\C/C=C\CCCCCCCCCCCCCCCCCCCCCCC(=O)OC(COC(=O)CCCCCCCCCCCCCCCCCCCCC/C=C\C/C=C\CCCCCCC)COC(OCC[N+](C)(C)C)C(=O)[O-]. The van der Waals surface area contributed by atoms with Crippen LogP contribution in [0.2, 0.25) is 0 Å². The molecule has 0 heterocycles. The predicted octanol–water partition coefficient (Wildman–Crippen LogP) is 24.6. The summed E-state index contributed by atoms with van der Waals surface area (Å²) in [5.74, 6) is -2.26. The molecular weight excluding hydrogens is 1170 g/mol. The van der Waals surface area contributed by atoms with Crippen molar-refractivity contribution in [3.63, 3.8) is 0 Å². The second-order valence-corrected chi connectivity index (χ2v) is 28.3. The van der Waals surface area contributed by atoms with Crippen LogP contribution in [0.15, 0.2) is 97.2 Å². The van der Waals surface area contributed by atoms with Gasteiger partial charge in [-0.1, -0.05) is 361 Å². The first-order valence-corrected chi connectivity index (χ1v) is 40.4. The fourth-order valence-corrected chi connectivity index (χ4v) is 11.7. The highest BCUT2D eigenvalue weighted by atomic mass is 16.7. The van der Waals surface area contributed by atoms with Crippen LogP contribution in [0.25, 0.3) is 0 Å². The van der Waals surface area contributed by atoms with Crippen LogP contribution in [0.5, 0.6) is 0 Å². The second kappa shape index (κ2) is 76.0. The molecule has 0 bridgehead atoms. The summed E-state index contributed by atoms with van der Waals surface area (Å²) in [5, 5.41) is 11.9. The molecule has 0 amide bonds. The molecule has 550 valence electrons. The number of rotatable bonds is 75. The van der Waals surface area contributed by atoms with Gasteiger partial charge in [0.05, 0.1) is 40.3 Å². The number of carbonyl (C=O) groups is 3. The number of carboxylic acids is 1. The van der Waals surface area contributed by atoms with Crippen LogP contribution < -0.4 is 5.11 Å². The van der Waals surface area contributed by atoms with Gasteiger partial charge in [0.1, 0.15) is 13.2 Å². The average Bonchev–Trinajstić information content (AvgIpc) is 2.92. The molecule has 0 aliphatic rings. The Morgan fingerprint density at radius 2 is 0.600 bits per heavy atom. The van der Waals surface area contributed by atoms with Crippen molar-refractivity contribution in [2.45, 2.75) is 386 Å². The molecule has 0 saturated heterocycles. The van der Waals surface area contributed by atoms with Gasteiger partial charge in [-0.15, -0.1) is 0 Å². The molecule has 9 heteroatoms. The Balaban J connectivity index is 3.99. The lowest BCUT2D eigenvalue weighted by Crippen LogP contribution is -2.44. The zero-order valence-corrected chi connectivity index (χ0v) is 63.0. The highest BCUT2D eigenvalue weighted by Crippen LogP contribution is 2.19. The topological polar surface area (TPSA) is 111 Å². The number of nitrogens with zero attached hydrogens (tertiary/aromatic N) is 1. The number of unbranched alkanes of at least 4 members (excludes halogenated alkanes) is 44. The first kappa shape index (κ1) is 91.2. The van der Waals surface area contributed by atoms with Crippen molar-refractivity contribution in [1.29, 1.82) is 0 Å². The van der Waals surface area contributed by atoms with E-state index in [0.29, 0.717) is 23.9 Å². The Morgan fingerprint density at radius 1 is 0.326 bits per heavy atom. The van der Waals surface area contributed by atoms with Crippen molar-refractivity contribution in [3.05, 3.63) is 97.2 Å². The lowest BCUT2D eigenvalue weighted by molar-refractivity contribution is -0.870. The number of aliphatic carboxylic acids is 1. The smallest absolute Gasteiger partial charge is 0.306 e. The largest absolute Gasteiger partial charge is 0.545 e. The summed E-state index contributed by atoms with van der Waals surface area (Å²) < 4.78 is 22.9. The van der Waals surface area contributed by atoms with Crippen LogP contribution in [0.4, 0.5) is 0 Å². The van der Waals surface area contributed by atoms with E-state index in [1.165, 1.54) is 263 Å². The molecule has 0 radical (unpaired) electrons. The molecule has 95 heavy (non-hydrogen) atoms. The molecule has 0 aliphatic carbocycles. The highest BCUT2D eigenvalue weighted by molar-refractivity contribution is 5.70. The number of quaternary nitrogens is 1. The van der Waals surface area contributed by atoms with Gasteiger partial charge in [-0.2, -0.15) is 0 Å². The molecule has 0 N–H and O–H groups in total. The molecule has 0 spiro atoms. The van der Waals surface area contributed by atoms with E-state index in [1.807, 2.05) is 21.1 Å². The lowest BCUT2D eigenvalue weighted by Gasteiger charge is -2.26. The van der Waals surface area contributed by atoms with E-state index in [4.69, 9.17) is 18.9 Å². The number of esters is 2. The van der Waals surface area contributed by atoms with E-state index in [2.05, 4.69) is 111 Å². The predicted molar refractivity (Wildman–Crippen MR) is 407 cm³/mol. The zero-order chi connectivity index (χ0) is 69.0. The number of hydrogen-bond acceptors (Lipinski definition) is 8. The third kappa shape index (κ3) is 77.4. The van der Waals surface area contributed by atoms with Crippen molar-refractivity contribution in [1.82, 2.24) is 0 Å². The van der Waals surface area contributed by atoms with E-state index < -0.39 is 24.3 Å². The van der Waals surface area contributed by atoms with Crippen molar-refractivity contribution < 1.29 is 42.9 Å². The summed E-state index contributed by atoms with van der Waals surface area (Å²) in [6.07, 6.45) is 102. The number of likely N-dealkylation sites (N-methyl/N-ethyl adjacent to an activating group) is 1. The van der Waals surface area contributed by atoms with E-state index in [-0.39, 0.29) is 32.2 Å². The summed E-state index contributed by atoms with van der Waals surface area (Å²) in [6, 6.07) is 0. The van der Waals surface area contributed by atoms with Gasteiger partial charge in [-0.3, -0.25) is 9.59 Å². The van der Waals surface area contributed by atoms with Gasteiger partial charge in [-0.05, 0) is 96.3 Å². The van der Waals surface area contributed by atoms with Gasteiger partial charge in [0.15, 0.2) is 12.4 Å². The Labute approximate surface area is 588 Å². The van der Waals surface area contributed by atoms with Crippen LogP contribution in [0.1, 0.15) is 373 Å². The minimum Gasteiger partial charge on any atom is -0.545 e. The van der Waals surface area contributed by atoms with Crippen LogP contribution in [0, 0.1) is 0 Å². The molecule has 2 atom stereocenters. The molecule has 0 rings (SSSR count). The lowest BCUT2D eigenvalue weighted by atomic mass is 10.0. The summed E-state index contributed by atoms with van der Waals surface area (Å²) in [4.78, 5) is 37.6. The second-order valence-electron chi connectivity index (χ2n) is 28.3. The Bertz CT molecular complexity index is 1890. The third-order valence-electron chi connectivity index (χ3n) is 17.8. The number of hydrogen-bond donors (Lipinski definition) is 0. The number of ether oxygens (including phenoxy) is 4. The Kier molecular flexibility index (Phi) is 72.9. The van der Waals surface area contributed by atoms with Crippen LogP contribution in [-0.2, 0) is 33.3 Å². The molecule has 0 aromatic rings. The summed E-state index contributed by atoms with van der Waals surface area (Å²) >= 11 is 0. The Morgan fingerprint density at radius 3 is 0.895 bits per heavy atom. The highest BCUT2D eigenvalue weighted by Gasteiger charge is 2.22. The first-order chi connectivity index (χ1) is 46.6. The fourth-order valence-electron chi connectivity index (χ4n) is 11.7. The molecule has 0 saturated carbocycles. The zero-order valence-electron chi connectivity index (χ0n) is 63.0. The molecule has 0 aromatic heterocycles. The fraction of sp³-hybridized carbons (Fsp3) is 0.779. The number of carboxylic acid groups (broad SMARTS) is 1. The van der Waals surface area contributed by atoms with E-state index in [9.17, 15) is 19.5 Å². The average molecular weight is 1330 g/mol. The van der Waals surface area contributed by atoms with Gasteiger partial charge in [0.25, 0.3) is 0 Å². The molecule has 0 aliphatic heterocycles. The molecule has 2 unspecified atom stereocenters. The van der Waals surface area contributed by atoms with Gasteiger partial charge in [0, 0.05) is 12.8 Å². The van der Waals surface area contributed by atoms with Gasteiger partial charge in [0.2, 0.25) is 0 Å². The number of carbonyl (C=O) groups excluding carboxylic acids is 3. The van der Waals surface area contributed by atoms with Crippen LogP contribution in [0.3, 0.4) is 0 Å². The summed E-state index contributed by atoms with van der Waals surface area (Å²) in [6.45, 7) is 4.68. The van der Waals surface area contributed by atoms with Crippen LogP contribution in [-0.4, -0.2) is 82.3 Å². The monoisotopic (exact) mass is 1330 g/mol. The van der Waals surface area contributed by atoms with E-state index in [0.717, 1.165) is 77.0 Å². The molecule has 9 nitrogen and oxygen atoms in total. The normalized spacial score (nSPS) is 13.1. The molecule has 0 fully saturated rings. The standard InChI is InChI=1S/C86H153NO8/c1-6-8-10-12-14-16-18-20-22-24-26-28-30-32-34-36-38-39-40-41-42-43-44-45-47-49-51-53-55-57-59-61-63-65-67-69-71-73-75-77-84(89)95-82(81-94-86(85(90)91)92-79-78-87(3,4)5)80-93-83(88)76-74-72-70-68-66-64-62-60-58-56-54-52-50-48-46-37-35-33-31-29-27-25-23-21-19-17-15-13-11-9-7-2/h8,10,14,16,19-22,25-28,32,34,38-39,82,86H,6-7,9,11-13,15,17-18,23-24,29-31,33,35-37,40-81H2,1-5H3/b10-8-,16-14-,21-19-,22-20-,27-25-,28-26-,34-32-,39-38-. The molecule has 0 aromatic carbocycles. The van der Waals surface area contributed by atoms with Crippen molar-refractivity contribution in [2.75, 3.05) is 47.5 Å². The maximum Gasteiger partial charge on any atom is 0.306 e. The maximum atomic E-state index is 13.0. The van der Waals surface area contributed by atoms with Crippen molar-refractivity contribution in [3.8, 4) is 0 Å². The maximum absolute atomic E-state index is 13.0. The Hall–Kier alpha value is -3.79. The summed E-state index contributed by atoms with van der Waals surface area (Å²) in [7, 11) is 5.95. The minimum absolute atomic E-state index is 0.148. The van der Waals surface area contributed by atoms with E-state index in [1.54, 1.807) is 0 Å². The van der Waals surface area contributed by atoms with Crippen molar-refractivity contribution in [2.24, 2.45) is 0 Å². The number of allylic oxidation sites excluding steroid dienone is 16. The minimum atomic E-state index is -1.62. The van der Waals surface area contributed by atoms with Gasteiger partial charge in [-0.25, -0.2) is 0 Å². The van der Waals surface area contributed by atoms with Gasteiger partial charge >= 0.3 is 11.9 Å². The van der Waals surface area contributed by atoms with Gasteiger partial charge < -0.3 is 33.3 Å². The van der Waals surface area contributed by atoms with Crippen molar-refractivity contribution >= 4 is 17.9 Å². The van der Waals surface area contributed by atoms with E-state index >= 15 is 0 Å². The summed E-state index contributed by atoms with van der Waals surface area (Å²) in [5.41, 5.74) is 0. The third-order valence-corrected chi connectivity index (χ3v) is 17.8. The quantitative estimate of drug-likeness (QED) is 0.0195.